The van der Waals surface area contributed by atoms with Gasteiger partial charge in [0.15, 0.2) is 11.0 Å². The Morgan fingerprint density at radius 1 is 1.18 bits per heavy atom. The Morgan fingerprint density at radius 2 is 1.88 bits per heavy atom. The van der Waals surface area contributed by atoms with Crippen molar-refractivity contribution in [3.05, 3.63) is 29.8 Å². The van der Waals surface area contributed by atoms with Crippen LogP contribution >= 0.6 is 11.8 Å². The van der Waals surface area contributed by atoms with Crippen molar-refractivity contribution in [1.29, 1.82) is 0 Å². The molecule has 1 heterocycles. The first-order valence-corrected chi connectivity index (χ1v) is 6.59. The Morgan fingerprint density at radius 3 is 2.53 bits per heavy atom. The SMILES string of the molecule is Cc1ccccc1-c1nnc(SC(C)C)n1C. The van der Waals surface area contributed by atoms with Crippen molar-refractivity contribution in [3.8, 4) is 11.4 Å². The average Bonchev–Trinajstić information content (AvgIpc) is 2.61. The molecule has 0 aliphatic carbocycles. The first kappa shape index (κ1) is 12.2. The topological polar surface area (TPSA) is 30.7 Å². The molecule has 0 amide bonds. The van der Waals surface area contributed by atoms with Gasteiger partial charge in [0.25, 0.3) is 0 Å². The maximum Gasteiger partial charge on any atom is 0.191 e. The molecule has 0 spiro atoms. The fourth-order valence-corrected chi connectivity index (χ4v) is 2.44. The van der Waals surface area contributed by atoms with E-state index in [1.54, 1.807) is 11.8 Å². The van der Waals surface area contributed by atoms with E-state index >= 15 is 0 Å². The van der Waals surface area contributed by atoms with Gasteiger partial charge in [-0.25, -0.2) is 0 Å². The molecule has 0 atom stereocenters. The van der Waals surface area contributed by atoms with Gasteiger partial charge in [-0.1, -0.05) is 49.9 Å². The lowest BCUT2D eigenvalue weighted by molar-refractivity contribution is 0.790. The second-order valence-corrected chi connectivity index (χ2v) is 5.89. The summed E-state index contributed by atoms with van der Waals surface area (Å²) in [6.07, 6.45) is 0. The summed E-state index contributed by atoms with van der Waals surface area (Å²) >= 11 is 1.74. The van der Waals surface area contributed by atoms with E-state index in [9.17, 15) is 0 Å². The van der Waals surface area contributed by atoms with Crippen LogP contribution < -0.4 is 0 Å². The average molecular weight is 247 g/mol. The van der Waals surface area contributed by atoms with E-state index < -0.39 is 0 Å². The number of benzene rings is 1. The lowest BCUT2D eigenvalue weighted by atomic mass is 10.1. The summed E-state index contributed by atoms with van der Waals surface area (Å²) in [4.78, 5) is 0. The summed E-state index contributed by atoms with van der Waals surface area (Å²) < 4.78 is 2.06. The van der Waals surface area contributed by atoms with Gasteiger partial charge in [0.1, 0.15) is 0 Å². The zero-order valence-electron chi connectivity index (χ0n) is 10.6. The summed E-state index contributed by atoms with van der Waals surface area (Å²) in [5.41, 5.74) is 2.38. The quantitative estimate of drug-likeness (QED) is 0.780. The van der Waals surface area contributed by atoms with Crippen LogP contribution in [0.1, 0.15) is 19.4 Å². The van der Waals surface area contributed by atoms with Gasteiger partial charge in [-0.3, -0.25) is 0 Å². The number of hydrogen-bond donors (Lipinski definition) is 0. The third-order valence-electron chi connectivity index (χ3n) is 2.56. The second kappa shape index (κ2) is 4.92. The van der Waals surface area contributed by atoms with Gasteiger partial charge in [-0.2, -0.15) is 0 Å². The third kappa shape index (κ3) is 2.52. The molecule has 90 valence electrons. The highest BCUT2D eigenvalue weighted by Gasteiger charge is 2.13. The Hall–Kier alpha value is -1.29. The Bertz CT molecular complexity index is 517. The number of thioether (sulfide) groups is 1. The van der Waals surface area contributed by atoms with Crippen LogP contribution in [0.3, 0.4) is 0 Å². The van der Waals surface area contributed by atoms with Crippen LogP contribution in [0, 0.1) is 6.92 Å². The van der Waals surface area contributed by atoms with Crippen molar-refractivity contribution in [2.45, 2.75) is 31.2 Å². The van der Waals surface area contributed by atoms with Crippen molar-refractivity contribution >= 4 is 11.8 Å². The molecule has 1 aromatic heterocycles. The fraction of sp³-hybridized carbons (Fsp3) is 0.385. The molecule has 3 nitrogen and oxygen atoms in total. The molecular weight excluding hydrogens is 230 g/mol. The van der Waals surface area contributed by atoms with Crippen molar-refractivity contribution in [3.63, 3.8) is 0 Å². The number of aryl methyl sites for hydroxylation is 1. The highest BCUT2D eigenvalue weighted by molar-refractivity contribution is 7.99. The molecule has 0 aliphatic heterocycles. The number of hydrogen-bond acceptors (Lipinski definition) is 3. The predicted octanol–water partition coefficient (Wildman–Crippen LogP) is 3.29. The first-order chi connectivity index (χ1) is 8.09. The van der Waals surface area contributed by atoms with E-state index in [1.807, 2.05) is 19.2 Å². The maximum absolute atomic E-state index is 4.29. The zero-order chi connectivity index (χ0) is 12.4. The Kier molecular flexibility index (Phi) is 3.52. The van der Waals surface area contributed by atoms with Gasteiger partial charge in [0, 0.05) is 17.9 Å². The van der Waals surface area contributed by atoms with Crippen LogP contribution in [0.5, 0.6) is 0 Å². The summed E-state index contributed by atoms with van der Waals surface area (Å²) in [5.74, 6) is 0.936. The molecule has 0 unspecified atom stereocenters. The minimum absolute atomic E-state index is 0.516. The highest BCUT2D eigenvalue weighted by atomic mass is 32.2. The molecular formula is C13H17N3S. The van der Waals surface area contributed by atoms with E-state index in [-0.39, 0.29) is 0 Å². The van der Waals surface area contributed by atoms with E-state index in [1.165, 1.54) is 5.56 Å². The van der Waals surface area contributed by atoms with Crippen LogP contribution in [-0.2, 0) is 7.05 Å². The molecule has 0 fully saturated rings. The van der Waals surface area contributed by atoms with Gasteiger partial charge in [0.05, 0.1) is 0 Å². The van der Waals surface area contributed by atoms with Crippen LogP contribution in [0.2, 0.25) is 0 Å². The third-order valence-corrected chi connectivity index (χ3v) is 3.60. The van der Waals surface area contributed by atoms with Gasteiger partial charge < -0.3 is 4.57 Å². The summed E-state index contributed by atoms with van der Waals surface area (Å²) in [6.45, 7) is 6.42. The Labute approximate surface area is 106 Å². The monoisotopic (exact) mass is 247 g/mol. The summed E-state index contributed by atoms with van der Waals surface area (Å²) in [5, 5.41) is 10.0. The Balaban J connectivity index is 2.41. The van der Waals surface area contributed by atoms with E-state index in [4.69, 9.17) is 0 Å². The van der Waals surface area contributed by atoms with E-state index in [0.29, 0.717) is 5.25 Å². The molecule has 17 heavy (non-hydrogen) atoms. The molecule has 0 saturated heterocycles. The molecule has 0 saturated carbocycles. The molecule has 0 aliphatic rings. The van der Waals surface area contributed by atoms with E-state index in [0.717, 1.165) is 16.5 Å². The smallest absolute Gasteiger partial charge is 0.191 e. The molecule has 0 bridgehead atoms. The minimum Gasteiger partial charge on any atom is -0.305 e. The number of aromatic nitrogens is 3. The van der Waals surface area contributed by atoms with E-state index in [2.05, 4.69) is 47.7 Å². The normalized spacial score (nSPS) is 11.1. The van der Waals surface area contributed by atoms with Crippen LogP contribution in [0.4, 0.5) is 0 Å². The summed E-state index contributed by atoms with van der Waals surface area (Å²) in [7, 11) is 2.02. The van der Waals surface area contributed by atoms with Gasteiger partial charge in [0.2, 0.25) is 0 Å². The zero-order valence-corrected chi connectivity index (χ0v) is 11.5. The van der Waals surface area contributed by atoms with Crippen LogP contribution in [-0.4, -0.2) is 20.0 Å². The predicted molar refractivity (Wildman–Crippen MR) is 72.2 cm³/mol. The highest BCUT2D eigenvalue weighted by Crippen LogP contribution is 2.26. The second-order valence-electron chi connectivity index (χ2n) is 4.35. The summed E-state index contributed by atoms with van der Waals surface area (Å²) in [6, 6.07) is 8.26. The van der Waals surface area contributed by atoms with Crippen molar-refractivity contribution in [2.24, 2.45) is 7.05 Å². The van der Waals surface area contributed by atoms with Crippen molar-refractivity contribution in [1.82, 2.24) is 14.8 Å². The molecule has 4 heteroatoms. The lowest BCUT2D eigenvalue weighted by Gasteiger charge is -2.07. The molecule has 0 N–H and O–H groups in total. The molecule has 2 aromatic rings. The van der Waals surface area contributed by atoms with Gasteiger partial charge >= 0.3 is 0 Å². The minimum atomic E-state index is 0.516. The van der Waals surface area contributed by atoms with Crippen LogP contribution in [0.25, 0.3) is 11.4 Å². The number of rotatable bonds is 3. The van der Waals surface area contributed by atoms with Gasteiger partial charge in [-0.15, -0.1) is 10.2 Å². The fourth-order valence-electron chi connectivity index (χ4n) is 1.69. The first-order valence-electron chi connectivity index (χ1n) is 5.71. The molecule has 1 aromatic carbocycles. The lowest BCUT2D eigenvalue weighted by Crippen LogP contribution is -1.98. The standard InChI is InChI=1S/C13H17N3S/c1-9(2)17-13-15-14-12(16(13)4)11-8-6-5-7-10(11)3/h5-9H,1-4H3. The van der Waals surface area contributed by atoms with Crippen LogP contribution in [0.15, 0.2) is 29.4 Å². The van der Waals surface area contributed by atoms with Crippen molar-refractivity contribution < 1.29 is 0 Å². The molecule has 2 rings (SSSR count). The number of nitrogens with zero attached hydrogens (tertiary/aromatic N) is 3. The molecule has 0 radical (unpaired) electrons. The van der Waals surface area contributed by atoms with Gasteiger partial charge in [-0.05, 0) is 12.5 Å². The van der Waals surface area contributed by atoms with Crippen molar-refractivity contribution in [2.75, 3.05) is 0 Å². The largest absolute Gasteiger partial charge is 0.305 e. The maximum atomic E-state index is 4.29.